The summed E-state index contributed by atoms with van der Waals surface area (Å²) in [5, 5.41) is 2.29. The summed E-state index contributed by atoms with van der Waals surface area (Å²) in [5.41, 5.74) is 10.5. The van der Waals surface area contributed by atoms with Gasteiger partial charge in [-0.3, -0.25) is 9.88 Å². The third-order valence-corrected chi connectivity index (χ3v) is 4.69. The number of hydrogen-bond donors (Lipinski definition) is 1. The molecule has 22 heavy (non-hydrogen) atoms. The largest absolute Gasteiger partial charge is 0.382 e. The third kappa shape index (κ3) is 2.11. The minimum atomic E-state index is 0.518. The normalized spacial score (nSPS) is 15.9. The van der Waals surface area contributed by atoms with Crippen LogP contribution in [0.15, 0.2) is 30.5 Å². The third-order valence-electron chi connectivity index (χ3n) is 4.69. The highest BCUT2D eigenvalue weighted by Gasteiger charge is 2.16. The second kappa shape index (κ2) is 5.21. The smallest absolute Gasteiger partial charge is 0.150 e. The zero-order valence-electron chi connectivity index (χ0n) is 12.8. The Labute approximate surface area is 130 Å². The van der Waals surface area contributed by atoms with Crippen LogP contribution in [0.4, 0.5) is 5.82 Å². The number of nitrogen functional groups attached to an aromatic ring is 1. The van der Waals surface area contributed by atoms with E-state index < -0.39 is 0 Å². The molecule has 1 aliphatic heterocycles. The minimum Gasteiger partial charge on any atom is -0.382 e. The fraction of sp³-hybridized carbons (Fsp3) is 0.333. The fourth-order valence-corrected chi connectivity index (χ4v) is 3.47. The summed E-state index contributed by atoms with van der Waals surface area (Å²) in [4.78, 5) is 11.6. The molecule has 4 heteroatoms. The van der Waals surface area contributed by atoms with Crippen LogP contribution in [0.3, 0.4) is 0 Å². The maximum Gasteiger partial charge on any atom is 0.150 e. The first-order chi connectivity index (χ1) is 10.7. The van der Waals surface area contributed by atoms with Crippen molar-refractivity contribution in [1.82, 2.24) is 14.9 Å². The zero-order valence-corrected chi connectivity index (χ0v) is 12.8. The van der Waals surface area contributed by atoms with E-state index in [4.69, 9.17) is 5.73 Å². The molecule has 3 heterocycles. The highest BCUT2D eigenvalue weighted by Crippen LogP contribution is 2.31. The highest BCUT2D eigenvalue weighted by molar-refractivity contribution is 6.09. The molecule has 3 aromatic rings. The van der Waals surface area contributed by atoms with Crippen molar-refractivity contribution in [2.24, 2.45) is 0 Å². The number of para-hydroxylation sites is 1. The summed E-state index contributed by atoms with van der Waals surface area (Å²) in [7, 11) is 0. The average molecular weight is 292 g/mol. The number of likely N-dealkylation sites (tertiary alicyclic amines) is 1. The highest BCUT2D eigenvalue weighted by atomic mass is 15.1. The van der Waals surface area contributed by atoms with Crippen LogP contribution in [0.25, 0.3) is 21.8 Å². The van der Waals surface area contributed by atoms with Gasteiger partial charge in [-0.05, 0) is 50.0 Å². The van der Waals surface area contributed by atoms with Crippen LogP contribution in [0.5, 0.6) is 0 Å². The molecule has 1 saturated heterocycles. The molecule has 2 aromatic heterocycles. The van der Waals surface area contributed by atoms with Gasteiger partial charge in [0.2, 0.25) is 0 Å². The van der Waals surface area contributed by atoms with Crippen molar-refractivity contribution in [2.45, 2.75) is 26.3 Å². The van der Waals surface area contributed by atoms with E-state index in [0.717, 1.165) is 28.4 Å². The Hall–Kier alpha value is -2.20. The van der Waals surface area contributed by atoms with Gasteiger partial charge in [0, 0.05) is 23.5 Å². The Morgan fingerprint density at radius 2 is 1.95 bits per heavy atom. The summed E-state index contributed by atoms with van der Waals surface area (Å²) < 4.78 is 0. The topological polar surface area (TPSA) is 55.0 Å². The van der Waals surface area contributed by atoms with E-state index in [2.05, 4.69) is 27.9 Å². The van der Waals surface area contributed by atoms with Crippen LogP contribution in [-0.2, 0) is 6.54 Å². The van der Waals surface area contributed by atoms with Crippen LogP contribution in [0.2, 0.25) is 0 Å². The Morgan fingerprint density at radius 1 is 1.18 bits per heavy atom. The van der Waals surface area contributed by atoms with E-state index in [1.807, 2.05) is 24.4 Å². The zero-order chi connectivity index (χ0) is 15.1. The van der Waals surface area contributed by atoms with Gasteiger partial charge in [0.25, 0.3) is 0 Å². The maximum absolute atomic E-state index is 6.12. The molecule has 1 aliphatic rings. The van der Waals surface area contributed by atoms with Crippen LogP contribution in [0, 0.1) is 6.92 Å². The molecule has 0 spiro atoms. The Balaban J connectivity index is 1.94. The van der Waals surface area contributed by atoms with Gasteiger partial charge in [0.1, 0.15) is 5.52 Å². The van der Waals surface area contributed by atoms with E-state index in [1.165, 1.54) is 37.1 Å². The summed E-state index contributed by atoms with van der Waals surface area (Å²) in [6.45, 7) is 5.54. The quantitative estimate of drug-likeness (QED) is 0.737. The summed E-state index contributed by atoms with van der Waals surface area (Å²) >= 11 is 0. The first kappa shape index (κ1) is 13.5. The Morgan fingerprint density at radius 3 is 2.77 bits per heavy atom. The molecule has 4 rings (SSSR count). The number of aromatic nitrogens is 2. The van der Waals surface area contributed by atoms with E-state index in [-0.39, 0.29) is 0 Å². The number of anilines is 1. The van der Waals surface area contributed by atoms with Crippen molar-refractivity contribution in [3.8, 4) is 0 Å². The lowest BCUT2D eigenvalue weighted by atomic mass is 10.0. The standard InChI is InChI=1S/C18H20N4/c1-12-13(11-22-8-4-5-9-22)10-20-17-16(12)14-6-2-3-7-15(14)21-18(17)19/h2-3,6-7,10H,4-5,8-9,11H2,1H3,(H2,19,21). The molecule has 0 radical (unpaired) electrons. The molecule has 4 nitrogen and oxygen atoms in total. The molecule has 0 bridgehead atoms. The van der Waals surface area contributed by atoms with Gasteiger partial charge in [0.05, 0.1) is 5.52 Å². The second-order valence-electron chi connectivity index (χ2n) is 6.13. The van der Waals surface area contributed by atoms with E-state index in [1.54, 1.807) is 0 Å². The first-order valence-electron chi connectivity index (χ1n) is 7.89. The van der Waals surface area contributed by atoms with Gasteiger partial charge < -0.3 is 5.73 Å². The van der Waals surface area contributed by atoms with Crippen molar-refractivity contribution in [2.75, 3.05) is 18.8 Å². The van der Waals surface area contributed by atoms with Gasteiger partial charge in [-0.1, -0.05) is 18.2 Å². The molecular weight excluding hydrogens is 272 g/mol. The molecule has 0 atom stereocenters. The lowest BCUT2D eigenvalue weighted by Crippen LogP contribution is -2.19. The van der Waals surface area contributed by atoms with Gasteiger partial charge in [-0.2, -0.15) is 0 Å². The monoisotopic (exact) mass is 292 g/mol. The lowest BCUT2D eigenvalue weighted by Gasteiger charge is -2.18. The van der Waals surface area contributed by atoms with Gasteiger partial charge in [-0.15, -0.1) is 0 Å². The van der Waals surface area contributed by atoms with Gasteiger partial charge >= 0.3 is 0 Å². The minimum absolute atomic E-state index is 0.518. The van der Waals surface area contributed by atoms with E-state index in [9.17, 15) is 0 Å². The molecule has 0 amide bonds. The van der Waals surface area contributed by atoms with Crippen molar-refractivity contribution in [1.29, 1.82) is 0 Å². The molecular formula is C18H20N4. The van der Waals surface area contributed by atoms with Crippen LogP contribution >= 0.6 is 0 Å². The molecule has 0 aliphatic carbocycles. The summed E-state index contributed by atoms with van der Waals surface area (Å²) in [6, 6.07) is 8.17. The van der Waals surface area contributed by atoms with Gasteiger partial charge in [0.15, 0.2) is 5.82 Å². The predicted molar refractivity (Wildman–Crippen MR) is 90.7 cm³/mol. The van der Waals surface area contributed by atoms with Crippen LogP contribution < -0.4 is 5.73 Å². The molecule has 0 saturated carbocycles. The van der Waals surface area contributed by atoms with Crippen molar-refractivity contribution in [3.63, 3.8) is 0 Å². The number of fused-ring (bicyclic) bond motifs is 3. The SMILES string of the molecule is Cc1c(CN2CCCC2)cnc2c(N)nc3ccccc3c12. The fourth-order valence-electron chi connectivity index (χ4n) is 3.47. The van der Waals surface area contributed by atoms with Gasteiger partial charge in [-0.25, -0.2) is 4.98 Å². The van der Waals surface area contributed by atoms with E-state index in [0.29, 0.717) is 5.82 Å². The average Bonchev–Trinajstić information content (AvgIpc) is 3.03. The number of pyridine rings is 2. The van der Waals surface area contributed by atoms with Crippen LogP contribution in [-0.4, -0.2) is 28.0 Å². The molecule has 1 aromatic carbocycles. The molecule has 112 valence electrons. The number of rotatable bonds is 2. The van der Waals surface area contributed by atoms with E-state index >= 15 is 0 Å². The number of aryl methyl sites for hydroxylation is 1. The molecule has 0 unspecified atom stereocenters. The summed E-state index contributed by atoms with van der Waals surface area (Å²) in [5.74, 6) is 0.518. The number of hydrogen-bond acceptors (Lipinski definition) is 4. The summed E-state index contributed by atoms with van der Waals surface area (Å²) in [6.07, 6.45) is 4.59. The Bertz CT molecular complexity index is 850. The Kier molecular flexibility index (Phi) is 3.19. The second-order valence-corrected chi connectivity index (χ2v) is 6.13. The number of benzene rings is 1. The first-order valence-corrected chi connectivity index (χ1v) is 7.89. The lowest BCUT2D eigenvalue weighted by molar-refractivity contribution is 0.330. The van der Waals surface area contributed by atoms with Crippen LogP contribution in [0.1, 0.15) is 24.0 Å². The number of nitrogens with zero attached hydrogens (tertiary/aromatic N) is 3. The van der Waals surface area contributed by atoms with Crippen molar-refractivity contribution < 1.29 is 0 Å². The maximum atomic E-state index is 6.12. The number of nitrogens with two attached hydrogens (primary N) is 1. The molecule has 1 fully saturated rings. The predicted octanol–water partition coefficient (Wildman–Crippen LogP) is 3.27. The van der Waals surface area contributed by atoms with Crippen molar-refractivity contribution in [3.05, 3.63) is 41.6 Å². The van der Waals surface area contributed by atoms with Crippen molar-refractivity contribution >= 4 is 27.6 Å². The molecule has 2 N–H and O–H groups in total.